The average molecular weight is 335 g/mol. The van der Waals surface area contributed by atoms with Crippen molar-refractivity contribution in [2.24, 2.45) is 7.05 Å². The predicted molar refractivity (Wildman–Crippen MR) is 88.1 cm³/mol. The lowest BCUT2D eigenvalue weighted by Gasteiger charge is -2.33. The van der Waals surface area contributed by atoms with Crippen LogP contribution in [0.4, 0.5) is 0 Å². The average Bonchev–Trinajstić information content (AvgIpc) is 2.88. The predicted octanol–water partition coefficient (Wildman–Crippen LogP) is 0.559. The molecule has 1 fully saturated rings. The second-order valence-electron chi connectivity index (χ2n) is 5.85. The molecule has 7 nitrogen and oxygen atoms in total. The molecule has 0 amide bonds. The Balaban J connectivity index is 1.73. The smallest absolute Gasteiger partial charge is 0.211 e. The van der Waals surface area contributed by atoms with Crippen LogP contribution in [0.15, 0.2) is 30.7 Å². The number of pyridine rings is 1. The van der Waals surface area contributed by atoms with E-state index in [1.54, 1.807) is 12.4 Å². The van der Waals surface area contributed by atoms with Gasteiger partial charge in [-0.15, -0.1) is 0 Å². The van der Waals surface area contributed by atoms with E-state index in [0.29, 0.717) is 13.1 Å². The van der Waals surface area contributed by atoms with E-state index in [-0.39, 0.29) is 0 Å². The van der Waals surface area contributed by atoms with Gasteiger partial charge in [-0.1, -0.05) is 0 Å². The molecular formula is C15H21N5O2S. The van der Waals surface area contributed by atoms with Crippen LogP contribution in [0, 0.1) is 0 Å². The van der Waals surface area contributed by atoms with E-state index in [0.717, 1.165) is 36.5 Å². The highest BCUT2D eigenvalue weighted by molar-refractivity contribution is 7.88. The van der Waals surface area contributed by atoms with Gasteiger partial charge in [0.1, 0.15) is 0 Å². The van der Waals surface area contributed by atoms with Crippen LogP contribution in [0.3, 0.4) is 0 Å². The third-order valence-corrected chi connectivity index (χ3v) is 5.36. The molecule has 23 heavy (non-hydrogen) atoms. The zero-order chi connectivity index (χ0) is 16.4. The van der Waals surface area contributed by atoms with Crippen molar-refractivity contribution >= 4 is 10.0 Å². The molecule has 0 aromatic carbocycles. The molecule has 0 unspecified atom stereocenters. The molecule has 0 bridgehead atoms. The van der Waals surface area contributed by atoms with Crippen LogP contribution in [0.5, 0.6) is 0 Å². The molecule has 0 N–H and O–H groups in total. The fourth-order valence-electron chi connectivity index (χ4n) is 2.87. The van der Waals surface area contributed by atoms with Crippen LogP contribution in [-0.4, -0.2) is 64.8 Å². The quantitative estimate of drug-likeness (QED) is 0.816. The maximum absolute atomic E-state index is 11.6. The zero-order valence-corrected chi connectivity index (χ0v) is 14.2. The second-order valence-corrected chi connectivity index (χ2v) is 7.83. The van der Waals surface area contributed by atoms with Crippen molar-refractivity contribution in [2.75, 3.05) is 32.4 Å². The van der Waals surface area contributed by atoms with Gasteiger partial charge in [0.2, 0.25) is 10.0 Å². The van der Waals surface area contributed by atoms with Crippen LogP contribution in [-0.2, 0) is 23.6 Å². The summed E-state index contributed by atoms with van der Waals surface area (Å²) in [5.74, 6) is 0. The first-order valence-corrected chi connectivity index (χ1v) is 9.39. The van der Waals surface area contributed by atoms with Crippen molar-refractivity contribution in [2.45, 2.75) is 6.54 Å². The van der Waals surface area contributed by atoms with Gasteiger partial charge < -0.3 is 0 Å². The highest BCUT2D eigenvalue weighted by Gasteiger charge is 2.24. The van der Waals surface area contributed by atoms with Gasteiger partial charge >= 0.3 is 0 Å². The highest BCUT2D eigenvalue weighted by atomic mass is 32.2. The first-order chi connectivity index (χ1) is 10.9. The third-order valence-electron chi connectivity index (χ3n) is 4.05. The molecule has 3 rings (SSSR count). The summed E-state index contributed by atoms with van der Waals surface area (Å²) in [5, 5.41) is 4.56. The number of aryl methyl sites for hydroxylation is 1. The van der Waals surface area contributed by atoms with Gasteiger partial charge in [0.05, 0.1) is 11.9 Å². The fourth-order valence-corrected chi connectivity index (χ4v) is 3.69. The standard InChI is InChI=1S/C15H21N5O2S/c1-18-11-14(15(17-18)13-3-5-16-6-4-13)12-19-7-9-20(10-8-19)23(2,21)22/h3-6,11H,7-10,12H2,1-2H3. The molecule has 1 aliphatic heterocycles. The molecule has 0 spiro atoms. The summed E-state index contributed by atoms with van der Waals surface area (Å²) in [5.41, 5.74) is 3.15. The second kappa shape index (κ2) is 6.38. The molecular weight excluding hydrogens is 314 g/mol. The lowest BCUT2D eigenvalue weighted by Crippen LogP contribution is -2.47. The number of nitrogens with zero attached hydrogens (tertiary/aromatic N) is 5. The minimum absolute atomic E-state index is 0.545. The number of rotatable bonds is 4. The normalized spacial score (nSPS) is 17.5. The van der Waals surface area contributed by atoms with Gasteiger partial charge in [0.15, 0.2) is 0 Å². The van der Waals surface area contributed by atoms with E-state index >= 15 is 0 Å². The Morgan fingerprint density at radius 2 is 1.78 bits per heavy atom. The van der Waals surface area contributed by atoms with Gasteiger partial charge in [0, 0.05) is 69.5 Å². The molecule has 0 saturated carbocycles. The third kappa shape index (κ3) is 3.77. The summed E-state index contributed by atoms with van der Waals surface area (Å²) in [6.45, 7) is 3.33. The number of hydrogen-bond acceptors (Lipinski definition) is 5. The first-order valence-electron chi connectivity index (χ1n) is 7.54. The summed E-state index contributed by atoms with van der Waals surface area (Å²) in [6.07, 6.45) is 6.82. The summed E-state index contributed by atoms with van der Waals surface area (Å²) < 4.78 is 26.5. The fraction of sp³-hybridized carbons (Fsp3) is 0.467. The molecule has 124 valence electrons. The molecule has 1 aliphatic rings. The molecule has 2 aromatic rings. The van der Waals surface area contributed by atoms with Gasteiger partial charge in [-0.2, -0.15) is 9.40 Å². The van der Waals surface area contributed by atoms with E-state index in [1.807, 2.05) is 30.1 Å². The Hall–Kier alpha value is -1.77. The number of aromatic nitrogens is 3. The van der Waals surface area contributed by atoms with E-state index in [4.69, 9.17) is 0 Å². The molecule has 0 aliphatic carbocycles. The van der Waals surface area contributed by atoms with Crippen molar-refractivity contribution < 1.29 is 8.42 Å². The molecule has 1 saturated heterocycles. The van der Waals surface area contributed by atoms with Gasteiger partial charge in [-0.3, -0.25) is 14.6 Å². The lowest BCUT2D eigenvalue weighted by atomic mass is 10.1. The Kier molecular flexibility index (Phi) is 4.47. The van der Waals surface area contributed by atoms with Crippen molar-refractivity contribution in [1.82, 2.24) is 24.0 Å². The highest BCUT2D eigenvalue weighted by Crippen LogP contribution is 2.23. The van der Waals surface area contributed by atoms with Gasteiger partial charge in [-0.25, -0.2) is 8.42 Å². The maximum atomic E-state index is 11.6. The SMILES string of the molecule is Cn1cc(CN2CCN(S(C)(=O)=O)CC2)c(-c2ccncc2)n1. The van der Waals surface area contributed by atoms with Crippen molar-refractivity contribution in [3.05, 3.63) is 36.3 Å². The van der Waals surface area contributed by atoms with E-state index in [1.165, 1.54) is 10.6 Å². The molecule has 2 aromatic heterocycles. The maximum Gasteiger partial charge on any atom is 0.211 e. The van der Waals surface area contributed by atoms with E-state index in [2.05, 4.69) is 15.0 Å². The number of hydrogen-bond donors (Lipinski definition) is 0. The Bertz CT molecular complexity index is 764. The van der Waals surface area contributed by atoms with Crippen LogP contribution in [0.25, 0.3) is 11.3 Å². The minimum atomic E-state index is -3.09. The lowest BCUT2D eigenvalue weighted by molar-refractivity contribution is 0.182. The first kappa shape index (κ1) is 16.1. The summed E-state index contributed by atoms with van der Waals surface area (Å²) in [4.78, 5) is 6.31. The van der Waals surface area contributed by atoms with Crippen LogP contribution >= 0.6 is 0 Å². The summed E-state index contributed by atoms with van der Waals surface area (Å²) in [6, 6.07) is 3.90. The number of piperazine rings is 1. The van der Waals surface area contributed by atoms with Crippen LogP contribution < -0.4 is 0 Å². The Labute approximate surface area is 136 Å². The Morgan fingerprint density at radius 1 is 1.13 bits per heavy atom. The topological polar surface area (TPSA) is 71.3 Å². The monoisotopic (exact) mass is 335 g/mol. The zero-order valence-electron chi connectivity index (χ0n) is 13.4. The molecule has 0 radical (unpaired) electrons. The van der Waals surface area contributed by atoms with Crippen molar-refractivity contribution in [3.8, 4) is 11.3 Å². The van der Waals surface area contributed by atoms with Gasteiger partial charge in [0.25, 0.3) is 0 Å². The van der Waals surface area contributed by atoms with Crippen molar-refractivity contribution in [3.63, 3.8) is 0 Å². The number of sulfonamides is 1. The largest absolute Gasteiger partial charge is 0.296 e. The van der Waals surface area contributed by atoms with Crippen LogP contribution in [0.1, 0.15) is 5.56 Å². The van der Waals surface area contributed by atoms with E-state index < -0.39 is 10.0 Å². The van der Waals surface area contributed by atoms with Crippen molar-refractivity contribution in [1.29, 1.82) is 0 Å². The van der Waals surface area contributed by atoms with E-state index in [9.17, 15) is 8.42 Å². The summed E-state index contributed by atoms with van der Waals surface area (Å²) in [7, 11) is -1.17. The molecule has 3 heterocycles. The van der Waals surface area contributed by atoms with Crippen LogP contribution in [0.2, 0.25) is 0 Å². The molecule has 0 atom stereocenters. The Morgan fingerprint density at radius 3 is 2.39 bits per heavy atom. The van der Waals surface area contributed by atoms with Gasteiger partial charge in [-0.05, 0) is 12.1 Å². The summed E-state index contributed by atoms with van der Waals surface area (Å²) >= 11 is 0. The minimum Gasteiger partial charge on any atom is -0.296 e. The molecule has 8 heteroatoms.